The van der Waals surface area contributed by atoms with Crippen LogP contribution >= 0.6 is 28.3 Å². The van der Waals surface area contributed by atoms with Gasteiger partial charge >= 0.3 is 0 Å². The van der Waals surface area contributed by atoms with Gasteiger partial charge in [-0.2, -0.15) is 5.10 Å². The fourth-order valence-electron chi connectivity index (χ4n) is 2.39. The molecule has 0 aliphatic carbocycles. The molecule has 20 heavy (non-hydrogen) atoms. The number of carbonyl (C=O) groups excluding carboxylic acids is 1. The van der Waals surface area contributed by atoms with E-state index < -0.39 is 0 Å². The van der Waals surface area contributed by atoms with Gasteiger partial charge in [-0.1, -0.05) is 13.8 Å². The van der Waals surface area contributed by atoms with Crippen molar-refractivity contribution in [2.24, 2.45) is 0 Å². The van der Waals surface area contributed by atoms with Gasteiger partial charge in [0, 0.05) is 12.1 Å². The molecule has 2 unspecified atom stereocenters. The average molecular weight is 366 g/mol. The number of rotatable bonds is 3. The zero-order valence-corrected chi connectivity index (χ0v) is 14.4. The number of hydrogen-bond donors (Lipinski definition) is 3. The zero-order chi connectivity index (χ0) is 14.0. The molecule has 1 aromatic heterocycles. The standard InChI is InChI=1S/C13H21BrN4O.ClH/c1-7(2)11-10(14)12(18-17-11)13(19)16-9-4-5-15-8(3)6-9;/h7-9,15H,4-6H2,1-3H3,(H,16,19)(H,17,18);1H. The maximum Gasteiger partial charge on any atom is 0.273 e. The molecule has 2 rings (SSSR count). The van der Waals surface area contributed by atoms with Crippen LogP contribution in [-0.4, -0.2) is 34.7 Å². The Labute approximate surface area is 134 Å². The molecule has 0 bridgehead atoms. The highest BCUT2D eigenvalue weighted by atomic mass is 79.9. The molecule has 0 radical (unpaired) electrons. The third-order valence-corrected chi connectivity index (χ3v) is 4.29. The topological polar surface area (TPSA) is 69.8 Å². The summed E-state index contributed by atoms with van der Waals surface area (Å²) in [4.78, 5) is 12.2. The summed E-state index contributed by atoms with van der Waals surface area (Å²) in [7, 11) is 0. The van der Waals surface area contributed by atoms with Crippen molar-refractivity contribution in [3.05, 3.63) is 15.9 Å². The van der Waals surface area contributed by atoms with Crippen molar-refractivity contribution in [2.75, 3.05) is 6.54 Å². The van der Waals surface area contributed by atoms with E-state index in [1.807, 2.05) is 0 Å². The maximum atomic E-state index is 12.2. The first kappa shape index (κ1) is 17.5. The second-order valence-corrected chi connectivity index (χ2v) is 6.30. The Bertz CT molecular complexity index is 463. The molecule has 2 atom stereocenters. The summed E-state index contributed by atoms with van der Waals surface area (Å²) in [5.41, 5.74) is 1.42. The number of piperidine rings is 1. The van der Waals surface area contributed by atoms with Crippen molar-refractivity contribution in [2.45, 2.75) is 51.6 Å². The van der Waals surface area contributed by atoms with Gasteiger partial charge in [0.1, 0.15) is 0 Å². The zero-order valence-electron chi connectivity index (χ0n) is 12.0. The number of nitrogens with one attached hydrogen (secondary N) is 3. The predicted molar refractivity (Wildman–Crippen MR) is 85.6 cm³/mol. The van der Waals surface area contributed by atoms with Crippen molar-refractivity contribution in [1.82, 2.24) is 20.8 Å². The van der Waals surface area contributed by atoms with Crippen molar-refractivity contribution in [3.8, 4) is 0 Å². The largest absolute Gasteiger partial charge is 0.348 e. The lowest BCUT2D eigenvalue weighted by molar-refractivity contribution is 0.0920. The summed E-state index contributed by atoms with van der Waals surface area (Å²) in [5.74, 6) is 0.205. The van der Waals surface area contributed by atoms with E-state index in [9.17, 15) is 4.79 Å². The number of halogens is 2. The van der Waals surface area contributed by atoms with Gasteiger partial charge in [-0.3, -0.25) is 9.89 Å². The van der Waals surface area contributed by atoms with Gasteiger partial charge in [-0.25, -0.2) is 0 Å². The van der Waals surface area contributed by atoms with Crippen molar-refractivity contribution < 1.29 is 4.79 Å². The smallest absolute Gasteiger partial charge is 0.273 e. The first-order valence-corrected chi connectivity index (χ1v) is 7.56. The minimum Gasteiger partial charge on any atom is -0.348 e. The normalized spacial score (nSPS) is 22.4. The number of aromatic nitrogens is 2. The number of H-pyrrole nitrogens is 1. The molecule has 5 nitrogen and oxygen atoms in total. The van der Waals surface area contributed by atoms with Gasteiger partial charge in [0.05, 0.1) is 10.2 Å². The lowest BCUT2D eigenvalue weighted by atomic mass is 10.0. The molecule has 1 aliphatic heterocycles. The Morgan fingerprint density at radius 3 is 2.75 bits per heavy atom. The Kier molecular flexibility index (Phi) is 6.48. The van der Waals surface area contributed by atoms with Crippen LogP contribution in [0.15, 0.2) is 4.47 Å². The van der Waals surface area contributed by atoms with Crippen LogP contribution in [0.1, 0.15) is 55.7 Å². The molecule has 2 heterocycles. The Hall–Kier alpha value is -0.590. The fraction of sp³-hybridized carbons (Fsp3) is 0.692. The van der Waals surface area contributed by atoms with Crippen LogP contribution in [0.3, 0.4) is 0 Å². The minimum atomic E-state index is -0.103. The molecule has 114 valence electrons. The van der Waals surface area contributed by atoms with E-state index in [0.29, 0.717) is 17.7 Å². The van der Waals surface area contributed by atoms with E-state index in [1.54, 1.807) is 0 Å². The number of aromatic amines is 1. The van der Waals surface area contributed by atoms with Crippen molar-refractivity contribution >= 4 is 34.2 Å². The third-order valence-electron chi connectivity index (χ3n) is 3.48. The second kappa shape index (κ2) is 7.43. The molecule has 1 aromatic rings. The average Bonchev–Trinajstić information content (AvgIpc) is 2.71. The van der Waals surface area contributed by atoms with Crippen LogP contribution in [-0.2, 0) is 0 Å². The third kappa shape index (κ3) is 3.96. The van der Waals surface area contributed by atoms with Gasteiger partial charge in [0.2, 0.25) is 0 Å². The first-order valence-electron chi connectivity index (χ1n) is 6.77. The molecular formula is C13H22BrClN4O. The number of hydrogen-bond acceptors (Lipinski definition) is 3. The summed E-state index contributed by atoms with van der Waals surface area (Å²) in [6.07, 6.45) is 1.93. The first-order chi connectivity index (χ1) is 8.99. The number of nitrogens with zero attached hydrogens (tertiary/aromatic N) is 1. The highest BCUT2D eigenvalue weighted by molar-refractivity contribution is 9.10. The number of carbonyl (C=O) groups is 1. The summed E-state index contributed by atoms with van der Waals surface area (Å²) < 4.78 is 0.780. The van der Waals surface area contributed by atoms with Crippen molar-refractivity contribution in [1.29, 1.82) is 0 Å². The van der Waals surface area contributed by atoms with Gasteiger partial charge in [-0.05, 0) is 48.2 Å². The molecule has 0 spiro atoms. The van der Waals surface area contributed by atoms with Crippen LogP contribution in [0.5, 0.6) is 0 Å². The van der Waals surface area contributed by atoms with E-state index in [2.05, 4.69) is 57.5 Å². The quantitative estimate of drug-likeness (QED) is 0.771. The lowest BCUT2D eigenvalue weighted by Crippen LogP contribution is -2.46. The monoisotopic (exact) mass is 364 g/mol. The van der Waals surface area contributed by atoms with Gasteiger partial charge < -0.3 is 10.6 Å². The van der Waals surface area contributed by atoms with E-state index in [-0.39, 0.29) is 24.4 Å². The van der Waals surface area contributed by atoms with Gasteiger partial charge in [-0.15, -0.1) is 12.4 Å². The van der Waals surface area contributed by atoms with Crippen LogP contribution in [0.2, 0.25) is 0 Å². The molecule has 1 fully saturated rings. The van der Waals surface area contributed by atoms with Gasteiger partial charge in [0.25, 0.3) is 5.91 Å². The highest BCUT2D eigenvalue weighted by Gasteiger charge is 2.24. The minimum absolute atomic E-state index is 0. The van der Waals surface area contributed by atoms with Crippen LogP contribution in [0.4, 0.5) is 0 Å². The molecule has 1 aliphatic rings. The summed E-state index contributed by atoms with van der Waals surface area (Å²) in [6.45, 7) is 7.22. The molecule has 0 aromatic carbocycles. The van der Waals surface area contributed by atoms with Crippen molar-refractivity contribution in [3.63, 3.8) is 0 Å². The molecular weight excluding hydrogens is 344 g/mol. The van der Waals surface area contributed by atoms with E-state index in [1.165, 1.54) is 0 Å². The summed E-state index contributed by atoms with van der Waals surface area (Å²) in [5, 5.41) is 13.5. The Morgan fingerprint density at radius 1 is 1.50 bits per heavy atom. The predicted octanol–water partition coefficient (Wildman–Crippen LogP) is 2.59. The van der Waals surface area contributed by atoms with Crippen LogP contribution < -0.4 is 10.6 Å². The highest BCUT2D eigenvalue weighted by Crippen LogP contribution is 2.25. The van der Waals surface area contributed by atoms with Crippen LogP contribution in [0, 0.1) is 0 Å². The van der Waals surface area contributed by atoms with E-state index in [4.69, 9.17) is 0 Å². The second-order valence-electron chi connectivity index (χ2n) is 5.50. The SMILES string of the molecule is CC1CC(NC(=O)c2n[nH]c(C(C)C)c2Br)CCN1.Cl. The molecule has 3 N–H and O–H groups in total. The molecule has 0 saturated carbocycles. The summed E-state index contributed by atoms with van der Waals surface area (Å²) in [6, 6.07) is 0.683. The number of amides is 1. The fourth-order valence-corrected chi connectivity index (χ4v) is 3.21. The maximum absolute atomic E-state index is 12.2. The summed E-state index contributed by atoms with van der Waals surface area (Å²) >= 11 is 3.46. The Morgan fingerprint density at radius 2 is 2.20 bits per heavy atom. The lowest BCUT2D eigenvalue weighted by Gasteiger charge is -2.28. The van der Waals surface area contributed by atoms with E-state index in [0.717, 1.165) is 29.6 Å². The molecule has 1 amide bonds. The Balaban J connectivity index is 0.00000200. The van der Waals surface area contributed by atoms with Crippen LogP contribution in [0.25, 0.3) is 0 Å². The van der Waals surface area contributed by atoms with E-state index >= 15 is 0 Å². The van der Waals surface area contributed by atoms with Gasteiger partial charge in [0.15, 0.2) is 5.69 Å². The molecule has 1 saturated heterocycles. The molecule has 7 heteroatoms.